The molecular weight excluding hydrogens is 232 g/mol. The van der Waals surface area contributed by atoms with Crippen molar-refractivity contribution in [2.45, 2.75) is 43.8 Å². The number of aliphatic carboxylic acids is 1. The van der Waals surface area contributed by atoms with Gasteiger partial charge in [-0.2, -0.15) is 0 Å². The third-order valence-electron chi connectivity index (χ3n) is 3.43. The van der Waals surface area contributed by atoms with Gasteiger partial charge in [-0.25, -0.2) is 4.79 Å². The number of ether oxygens (including phenoxy) is 1. The number of benzene rings is 1. The zero-order chi connectivity index (χ0) is 13.0. The highest BCUT2D eigenvalue weighted by molar-refractivity contribution is 5.74. The Morgan fingerprint density at radius 3 is 2.33 bits per heavy atom. The summed E-state index contributed by atoms with van der Waals surface area (Å²) in [7, 11) is 0. The fourth-order valence-electron chi connectivity index (χ4n) is 2.45. The van der Waals surface area contributed by atoms with Crippen LogP contribution in [-0.2, 0) is 4.79 Å². The molecule has 4 heteroatoms. The van der Waals surface area contributed by atoms with E-state index in [1.165, 1.54) is 0 Å². The van der Waals surface area contributed by atoms with Gasteiger partial charge in [-0.3, -0.25) is 0 Å². The first-order chi connectivity index (χ1) is 8.62. The number of hydrogen-bond acceptors (Lipinski definition) is 3. The van der Waals surface area contributed by atoms with E-state index in [4.69, 9.17) is 4.74 Å². The van der Waals surface area contributed by atoms with E-state index >= 15 is 0 Å². The maximum absolute atomic E-state index is 11.3. The van der Waals surface area contributed by atoms with Gasteiger partial charge in [-0.15, -0.1) is 0 Å². The van der Waals surface area contributed by atoms with Crippen LogP contribution in [0.4, 0.5) is 0 Å². The summed E-state index contributed by atoms with van der Waals surface area (Å²) >= 11 is 0. The molecule has 2 rings (SSSR count). The molecule has 1 aromatic carbocycles. The zero-order valence-electron chi connectivity index (χ0n) is 10.2. The van der Waals surface area contributed by atoms with Crippen LogP contribution in [0.1, 0.15) is 32.1 Å². The summed E-state index contributed by atoms with van der Waals surface area (Å²) in [4.78, 5) is 11.3. The van der Waals surface area contributed by atoms with Gasteiger partial charge >= 0.3 is 5.97 Å². The van der Waals surface area contributed by atoms with Crippen LogP contribution in [-0.4, -0.2) is 27.9 Å². The van der Waals surface area contributed by atoms with E-state index in [2.05, 4.69) is 0 Å². The molecule has 1 aromatic rings. The molecule has 4 nitrogen and oxygen atoms in total. The maximum atomic E-state index is 11.3. The topological polar surface area (TPSA) is 66.8 Å². The van der Waals surface area contributed by atoms with Crippen molar-refractivity contribution in [1.82, 2.24) is 0 Å². The first kappa shape index (κ1) is 12.9. The first-order valence-electron chi connectivity index (χ1n) is 6.29. The van der Waals surface area contributed by atoms with Gasteiger partial charge in [-0.1, -0.05) is 37.5 Å². The molecule has 1 atom stereocenters. The van der Waals surface area contributed by atoms with Crippen LogP contribution in [0.3, 0.4) is 0 Å². The van der Waals surface area contributed by atoms with Crippen LogP contribution >= 0.6 is 0 Å². The number of rotatable bonds is 4. The van der Waals surface area contributed by atoms with Gasteiger partial charge in [0.2, 0.25) is 6.10 Å². The third kappa shape index (κ3) is 2.82. The molecule has 0 saturated heterocycles. The van der Waals surface area contributed by atoms with Crippen LogP contribution in [0, 0.1) is 0 Å². The van der Waals surface area contributed by atoms with Gasteiger partial charge in [0, 0.05) is 0 Å². The van der Waals surface area contributed by atoms with Crippen molar-refractivity contribution in [2.24, 2.45) is 0 Å². The lowest BCUT2D eigenvalue weighted by Crippen LogP contribution is -2.51. The number of hydrogen-bond donors (Lipinski definition) is 2. The fraction of sp³-hybridized carbons (Fsp3) is 0.500. The van der Waals surface area contributed by atoms with E-state index in [1.54, 1.807) is 24.3 Å². The molecule has 1 aliphatic carbocycles. The Kier molecular flexibility index (Phi) is 3.87. The fourth-order valence-corrected chi connectivity index (χ4v) is 2.45. The maximum Gasteiger partial charge on any atom is 0.347 e. The van der Waals surface area contributed by atoms with Crippen molar-refractivity contribution in [1.29, 1.82) is 0 Å². The average Bonchev–Trinajstić information content (AvgIpc) is 2.37. The van der Waals surface area contributed by atoms with Gasteiger partial charge in [0.15, 0.2) is 0 Å². The van der Waals surface area contributed by atoms with Crippen molar-refractivity contribution in [3.8, 4) is 5.75 Å². The molecule has 2 N–H and O–H groups in total. The summed E-state index contributed by atoms with van der Waals surface area (Å²) in [5.74, 6) is -0.632. The molecule has 0 bridgehead atoms. The summed E-state index contributed by atoms with van der Waals surface area (Å²) < 4.78 is 5.47. The zero-order valence-corrected chi connectivity index (χ0v) is 10.2. The Hall–Kier alpha value is -1.55. The Bertz CT molecular complexity index is 396. The monoisotopic (exact) mass is 250 g/mol. The largest absolute Gasteiger partial charge is 0.478 e. The van der Waals surface area contributed by atoms with Gasteiger partial charge in [0.1, 0.15) is 11.4 Å². The molecule has 0 radical (unpaired) electrons. The van der Waals surface area contributed by atoms with Crippen LogP contribution < -0.4 is 4.74 Å². The predicted molar refractivity (Wildman–Crippen MR) is 66.5 cm³/mol. The molecule has 0 amide bonds. The number of carbonyl (C=O) groups is 1. The van der Waals surface area contributed by atoms with E-state index in [0.29, 0.717) is 18.6 Å². The Morgan fingerprint density at radius 2 is 1.78 bits per heavy atom. The molecule has 1 saturated carbocycles. The summed E-state index contributed by atoms with van der Waals surface area (Å²) in [6.45, 7) is 0. The quantitative estimate of drug-likeness (QED) is 0.859. The third-order valence-corrected chi connectivity index (χ3v) is 3.43. The SMILES string of the molecule is O=C(O)C(Oc1ccccc1)C1(O)CCCCC1. The van der Waals surface area contributed by atoms with Crippen molar-refractivity contribution in [2.75, 3.05) is 0 Å². The molecule has 0 aliphatic heterocycles. The molecule has 1 aliphatic rings. The van der Waals surface area contributed by atoms with Crippen molar-refractivity contribution in [3.63, 3.8) is 0 Å². The Balaban J connectivity index is 2.15. The van der Waals surface area contributed by atoms with Crippen LogP contribution in [0.25, 0.3) is 0 Å². The molecular formula is C14H18O4. The van der Waals surface area contributed by atoms with Gasteiger partial charge in [0.05, 0.1) is 0 Å². The molecule has 0 aromatic heterocycles. The van der Waals surface area contributed by atoms with E-state index < -0.39 is 17.7 Å². The lowest BCUT2D eigenvalue weighted by atomic mass is 9.80. The normalized spacial score (nSPS) is 20.1. The van der Waals surface area contributed by atoms with E-state index in [0.717, 1.165) is 19.3 Å². The molecule has 0 spiro atoms. The molecule has 1 unspecified atom stereocenters. The summed E-state index contributed by atoms with van der Waals surface area (Å²) in [5, 5.41) is 19.7. The molecule has 98 valence electrons. The highest BCUT2D eigenvalue weighted by Gasteiger charge is 2.44. The standard InChI is InChI=1S/C14H18O4/c15-13(16)12(14(17)9-5-2-6-10-14)18-11-7-3-1-4-8-11/h1,3-4,7-8,12,17H,2,5-6,9-10H2,(H,15,16). The molecule has 18 heavy (non-hydrogen) atoms. The van der Waals surface area contributed by atoms with E-state index in [9.17, 15) is 15.0 Å². The number of carboxylic acids is 1. The lowest BCUT2D eigenvalue weighted by Gasteiger charge is -2.36. The van der Waals surface area contributed by atoms with Gasteiger partial charge in [-0.05, 0) is 25.0 Å². The van der Waals surface area contributed by atoms with Crippen LogP contribution in [0.15, 0.2) is 30.3 Å². The summed E-state index contributed by atoms with van der Waals surface area (Å²) in [5.41, 5.74) is -1.25. The highest BCUT2D eigenvalue weighted by Crippen LogP contribution is 2.33. The van der Waals surface area contributed by atoms with Crippen molar-refractivity contribution < 1.29 is 19.7 Å². The second kappa shape index (κ2) is 5.40. The average molecular weight is 250 g/mol. The highest BCUT2D eigenvalue weighted by atomic mass is 16.5. The van der Waals surface area contributed by atoms with Crippen molar-refractivity contribution >= 4 is 5.97 Å². The summed E-state index contributed by atoms with van der Waals surface area (Å²) in [6, 6.07) is 8.78. The molecule has 1 fully saturated rings. The first-order valence-corrected chi connectivity index (χ1v) is 6.29. The van der Waals surface area contributed by atoms with Crippen molar-refractivity contribution in [3.05, 3.63) is 30.3 Å². The summed E-state index contributed by atoms with van der Waals surface area (Å²) in [6.07, 6.45) is 2.50. The number of carboxylic acid groups (broad SMARTS) is 1. The van der Waals surface area contributed by atoms with Gasteiger partial charge in [0.25, 0.3) is 0 Å². The smallest absolute Gasteiger partial charge is 0.347 e. The van der Waals surface area contributed by atoms with E-state index in [1.807, 2.05) is 6.07 Å². The minimum atomic E-state index is -1.25. The van der Waals surface area contributed by atoms with E-state index in [-0.39, 0.29) is 0 Å². The van der Waals surface area contributed by atoms with Gasteiger partial charge < -0.3 is 14.9 Å². The number of aliphatic hydroxyl groups is 1. The lowest BCUT2D eigenvalue weighted by molar-refractivity contribution is -0.163. The van der Waals surface area contributed by atoms with Crippen LogP contribution in [0.2, 0.25) is 0 Å². The second-order valence-corrected chi connectivity index (χ2v) is 4.81. The second-order valence-electron chi connectivity index (χ2n) is 4.81. The minimum Gasteiger partial charge on any atom is -0.478 e. The minimum absolute atomic E-state index is 0.476. The Morgan fingerprint density at radius 1 is 1.17 bits per heavy atom. The molecule has 0 heterocycles. The predicted octanol–water partition coefficient (Wildman–Crippen LogP) is 2.21. The number of para-hydroxylation sites is 1. The van der Waals surface area contributed by atoms with Crippen LogP contribution in [0.5, 0.6) is 5.75 Å². The Labute approximate surface area is 106 Å².